The molecule has 1 aliphatic carbocycles. The molecular formula is C15H28O4Si. The zero-order chi connectivity index (χ0) is 15.3. The summed E-state index contributed by atoms with van der Waals surface area (Å²) in [5.41, 5.74) is 0. The lowest BCUT2D eigenvalue weighted by Crippen LogP contribution is -2.43. The largest absolute Gasteiger partial charge is 0.416 e. The molecule has 4 nitrogen and oxygen atoms in total. The van der Waals surface area contributed by atoms with Crippen molar-refractivity contribution in [2.45, 2.75) is 77.2 Å². The summed E-state index contributed by atoms with van der Waals surface area (Å²) in [6, 6.07) is 0. The van der Waals surface area contributed by atoms with E-state index in [0.29, 0.717) is 13.0 Å². The van der Waals surface area contributed by atoms with E-state index in [9.17, 15) is 4.79 Å². The first-order chi connectivity index (χ1) is 8.93. The summed E-state index contributed by atoms with van der Waals surface area (Å²) in [5, 5.41) is 0.182. The Balaban J connectivity index is 2.00. The molecule has 2 rings (SSSR count). The van der Waals surface area contributed by atoms with E-state index in [4.69, 9.17) is 13.9 Å². The van der Waals surface area contributed by atoms with Crippen LogP contribution in [-0.4, -0.2) is 38.7 Å². The molecule has 2 aliphatic rings. The Kier molecular flexibility index (Phi) is 3.96. The van der Waals surface area contributed by atoms with Crippen LogP contribution in [0.2, 0.25) is 18.1 Å². The lowest BCUT2D eigenvalue weighted by Gasteiger charge is -2.37. The molecule has 1 heterocycles. The van der Waals surface area contributed by atoms with Gasteiger partial charge in [0.15, 0.2) is 19.9 Å². The smallest absolute Gasteiger partial charge is 0.191 e. The number of ether oxygens (including phenoxy) is 2. The zero-order valence-electron chi connectivity index (χ0n) is 13.8. The number of fused-ring (bicyclic) bond motifs is 1. The molecule has 0 unspecified atom stereocenters. The highest BCUT2D eigenvalue weighted by Crippen LogP contribution is 2.42. The summed E-state index contributed by atoms with van der Waals surface area (Å²) >= 11 is 0. The van der Waals surface area contributed by atoms with Gasteiger partial charge in [0.1, 0.15) is 6.10 Å². The van der Waals surface area contributed by atoms with E-state index in [-0.39, 0.29) is 22.8 Å². The minimum atomic E-state index is -1.78. The van der Waals surface area contributed by atoms with Crippen LogP contribution in [0.25, 0.3) is 0 Å². The molecule has 1 saturated heterocycles. The average molecular weight is 300 g/mol. The first-order valence-corrected chi connectivity index (χ1v) is 10.4. The first kappa shape index (κ1) is 16.1. The molecule has 0 N–H and O–H groups in total. The number of carbonyl (C=O) groups excluding carboxylic acids is 1. The van der Waals surface area contributed by atoms with Crippen LogP contribution in [0.15, 0.2) is 0 Å². The van der Waals surface area contributed by atoms with E-state index in [0.717, 1.165) is 0 Å². The molecule has 0 aromatic heterocycles. The van der Waals surface area contributed by atoms with Crippen molar-refractivity contribution < 1.29 is 18.7 Å². The normalized spacial score (nSPS) is 33.5. The summed E-state index contributed by atoms with van der Waals surface area (Å²) in [6.45, 7) is 15.5. The van der Waals surface area contributed by atoms with Crippen molar-refractivity contribution in [3.63, 3.8) is 0 Å². The summed E-state index contributed by atoms with van der Waals surface area (Å²) in [7, 11) is -1.78. The second-order valence-electron chi connectivity index (χ2n) is 8.02. The van der Waals surface area contributed by atoms with Crippen LogP contribution in [0.3, 0.4) is 0 Å². The molecule has 0 spiro atoms. The standard InChI is InChI=1S/C15H28O4Si/c1-14(2,3)20(6,7)17-9-10-8-11(16)13-12(10)18-15(4,5)19-13/h10,12-13H,8-9H2,1-7H3/t10-,12-,13+/m1/s1. The Morgan fingerprint density at radius 3 is 2.45 bits per heavy atom. The van der Waals surface area contributed by atoms with Gasteiger partial charge < -0.3 is 13.9 Å². The zero-order valence-corrected chi connectivity index (χ0v) is 14.8. The minimum Gasteiger partial charge on any atom is -0.416 e. The van der Waals surface area contributed by atoms with Gasteiger partial charge in [-0.1, -0.05) is 20.8 Å². The van der Waals surface area contributed by atoms with Crippen LogP contribution in [0.5, 0.6) is 0 Å². The Bertz CT molecular complexity index is 397. The second-order valence-corrected chi connectivity index (χ2v) is 12.8. The third-order valence-corrected chi connectivity index (χ3v) is 9.34. The van der Waals surface area contributed by atoms with E-state index >= 15 is 0 Å². The van der Waals surface area contributed by atoms with Gasteiger partial charge in [-0.05, 0) is 32.0 Å². The number of hydrogen-bond donors (Lipinski definition) is 0. The van der Waals surface area contributed by atoms with E-state index in [1.807, 2.05) is 13.8 Å². The Hall–Kier alpha value is -0.233. The van der Waals surface area contributed by atoms with Crippen molar-refractivity contribution in [1.29, 1.82) is 0 Å². The van der Waals surface area contributed by atoms with Crippen LogP contribution < -0.4 is 0 Å². The Labute approximate surface area is 123 Å². The highest BCUT2D eigenvalue weighted by molar-refractivity contribution is 6.74. The highest BCUT2D eigenvalue weighted by Gasteiger charge is 2.54. The average Bonchev–Trinajstić information content (AvgIpc) is 2.70. The number of rotatable bonds is 3. The molecule has 1 aliphatic heterocycles. The third-order valence-electron chi connectivity index (χ3n) is 4.84. The lowest BCUT2D eigenvalue weighted by molar-refractivity contribution is -0.163. The fourth-order valence-electron chi connectivity index (χ4n) is 2.56. The molecule has 20 heavy (non-hydrogen) atoms. The predicted molar refractivity (Wildman–Crippen MR) is 80.1 cm³/mol. The molecule has 0 radical (unpaired) electrons. The maximum Gasteiger partial charge on any atom is 0.191 e. The third kappa shape index (κ3) is 3.01. The van der Waals surface area contributed by atoms with Crippen molar-refractivity contribution in [2.75, 3.05) is 6.61 Å². The van der Waals surface area contributed by atoms with Gasteiger partial charge in [-0.2, -0.15) is 0 Å². The van der Waals surface area contributed by atoms with E-state index in [1.54, 1.807) is 0 Å². The molecule has 0 amide bonds. The predicted octanol–water partition coefficient (Wildman–Crippen LogP) is 3.12. The van der Waals surface area contributed by atoms with Crippen molar-refractivity contribution >= 4 is 14.1 Å². The van der Waals surface area contributed by atoms with Crippen LogP contribution in [0.1, 0.15) is 41.0 Å². The molecular weight excluding hydrogens is 272 g/mol. The van der Waals surface area contributed by atoms with E-state index in [2.05, 4.69) is 33.9 Å². The fraction of sp³-hybridized carbons (Fsp3) is 0.933. The number of Topliss-reactive ketones (excluding diaryl/α,β-unsaturated/α-hetero) is 1. The van der Waals surface area contributed by atoms with Crippen LogP contribution in [-0.2, 0) is 18.7 Å². The quantitative estimate of drug-likeness (QED) is 0.751. The molecule has 0 bridgehead atoms. The van der Waals surface area contributed by atoms with Gasteiger partial charge in [-0.25, -0.2) is 0 Å². The summed E-state index contributed by atoms with van der Waals surface area (Å²) in [4.78, 5) is 12.0. The topological polar surface area (TPSA) is 44.8 Å². The van der Waals surface area contributed by atoms with Gasteiger partial charge in [-0.15, -0.1) is 0 Å². The molecule has 1 saturated carbocycles. The molecule has 0 aromatic carbocycles. The number of hydrogen-bond acceptors (Lipinski definition) is 4. The van der Waals surface area contributed by atoms with Crippen LogP contribution >= 0.6 is 0 Å². The van der Waals surface area contributed by atoms with Gasteiger partial charge in [0.25, 0.3) is 0 Å². The molecule has 116 valence electrons. The molecule has 0 aromatic rings. The van der Waals surface area contributed by atoms with Crippen molar-refractivity contribution in [1.82, 2.24) is 0 Å². The van der Waals surface area contributed by atoms with Gasteiger partial charge >= 0.3 is 0 Å². The number of ketones is 1. The molecule has 5 heteroatoms. The van der Waals surface area contributed by atoms with Gasteiger partial charge in [0, 0.05) is 18.9 Å². The highest BCUT2D eigenvalue weighted by atomic mass is 28.4. The van der Waals surface area contributed by atoms with Gasteiger partial charge in [0.2, 0.25) is 0 Å². The van der Waals surface area contributed by atoms with E-state index in [1.165, 1.54) is 0 Å². The molecule has 3 atom stereocenters. The number of carbonyl (C=O) groups is 1. The molecule has 2 fully saturated rings. The van der Waals surface area contributed by atoms with E-state index < -0.39 is 20.2 Å². The van der Waals surface area contributed by atoms with Gasteiger partial charge in [0.05, 0.1) is 6.10 Å². The van der Waals surface area contributed by atoms with Crippen molar-refractivity contribution in [2.24, 2.45) is 5.92 Å². The lowest BCUT2D eigenvalue weighted by atomic mass is 10.1. The summed E-state index contributed by atoms with van der Waals surface area (Å²) in [6.07, 6.45) is -0.0136. The maximum absolute atomic E-state index is 12.0. The fourth-order valence-corrected chi connectivity index (χ4v) is 3.62. The SMILES string of the molecule is CC1(C)O[C@@H]2[C@@H](CO[Si](C)(C)C(C)(C)C)CC(=O)[C@@H]2O1. The van der Waals surface area contributed by atoms with Crippen molar-refractivity contribution in [3.8, 4) is 0 Å². The van der Waals surface area contributed by atoms with Gasteiger partial charge in [-0.3, -0.25) is 4.79 Å². The summed E-state index contributed by atoms with van der Waals surface area (Å²) in [5.74, 6) is -0.367. The maximum atomic E-state index is 12.0. The monoisotopic (exact) mass is 300 g/mol. The summed E-state index contributed by atoms with van der Waals surface area (Å²) < 4.78 is 17.9. The van der Waals surface area contributed by atoms with Crippen LogP contribution in [0, 0.1) is 5.92 Å². The first-order valence-electron chi connectivity index (χ1n) is 7.45. The Morgan fingerprint density at radius 2 is 1.90 bits per heavy atom. The van der Waals surface area contributed by atoms with Crippen LogP contribution in [0.4, 0.5) is 0 Å². The Morgan fingerprint density at radius 1 is 1.30 bits per heavy atom. The second kappa shape index (κ2) is 4.90. The minimum absolute atomic E-state index is 0.128. The van der Waals surface area contributed by atoms with Crippen molar-refractivity contribution in [3.05, 3.63) is 0 Å².